The number of aryl methyl sites for hydroxylation is 1. The molecule has 1 amide bonds. The van der Waals surface area contributed by atoms with E-state index in [4.69, 9.17) is 4.42 Å². The van der Waals surface area contributed by atoms with Gasteiger partial charge < -0.3 is 15.1 Å². The lowest BCUT2D eigenvalue weighted by atomic mass is 9.74. The van der Waals surface area contributed by atoms with Crippen molar-refractivity contribution in [3.05, 3.63) is 17.8 Å². The van der Waals surface area contributed by atoms with Gasteiger partial charge in [0, 0.05) is 0 Å². The first-order valence-electron chi connectivity index (χ1n) is 7.06. The van der Waals surface area contributed by atoms with E-state index in [1.165, 1.54) is 0 Å². The molecular weight excluding hydrogens is 242 g/mol. The summed E-state index contributed by atoms with van der Waals surface area (Å²) in [6, 6.07) is 0. The summed E-state index contributed by atoms with van der Waals surface area (Å²) < 4.78 is 5.38. The van der Waals surface area contributed by atoms with Gasteiger partial charge in [-0.2, -0.15) is 0 Å². The molecule has 0 aromatic carbocycles. The quantitative estimate of drug-likeness (QED) is 0.851. The predicted molar refractivity (Wildman–Crippen MR) is 72.5 cm³/mol. The van der Waals surface area contributed by atoms with Gasteiger partial charge in [0.05, 0.1) is 18.2 Å². The van der Waals surface area contributed by atoms with Gasteiger partial charge in [-0.3, -0.25) is 4.79 Å². The summed E-state index contributed by atoms with van der Waals surface area (Å²) >= 11 is 0. The Kier molecular flexibility index (Phi) is 4.58. The van der Waals surface area contributed by atoms with Crippen molar-refractivity contribution in [1.29, 1.82) is 0 Å². The van der Waals surface area contributed by atoms with Crippen LogP contribution in [0, 0.1) is 12.3 Å². The second-order valence-corrected chi connectivity index (χ2v) is 5.33. The molecule has 1 aliphatic rings. The van der Waals surface area contributed by atoms with Gasteiger partial charge in [0.15, 0.2) is 0 Å². The van der Waals surface area contributed by atoms with Gasteiger partial charge in [-0.15, -0.1) is 0 Å². The number of hydrogen-bond donors (Lipinski definition) is 2. The fourth-order valence-corrected chi connectivity index (χ4v) is 2.80. The lowest BCUT2D eigenvalue weighted by molar-refractivity contribution is -0.133. The van der Waals surface area contributed by atoms with Crippen LogP contribution in [-0.2, 0) is 11.3 Å². The third-order valence-electron chi connectivity index (χ3n) is 3.84. The van der Waals surface area contributed by atoms with Crippen molar-refractivity contribution in [1.82, 2.24) is 15.6 Å². The van der Waals surface area contributed by atoms with Gasteiger partial charge in [-0.25, -0.2) is 4.98 Å². The van der Waals surface area contributed by atoms with Crippen LogP contribution in [0.5, 0.6) is 0 Å². The number of aromatic nitrogens is 1. The molecule has 5 nitrogen and oxygen atoms in total. The average Bonchev–Trinajstić information content (AvgIpc) is 2.83. The Morgan fingerprint density at radius 1 is 1.53 bits per heavy atom. The van der Waals surface area contributed by atoms with Crippen LogP contribution >= 0.6 is 0 Å². The number of carbonyl (C=O) groups excluding carboxylic acids is 1. The highest BCUT2D eigenvalue weighted by atomic mass is 16.4. The van der Waals surface area contributed by atoms with Crippen molar-refractivity contribution in [2.24, 2.45) is 5.41 Å². The number of nitrogens with zero attached hydrogens (tertiary/aromatic N) is 1. The molecule has 2 rings (SSSR count). The first kappa shape index (κ1) is 14.1. The zero-order chi connectivity index (χ0) is 13.7. The molecule has 1 saturated heterocycles. The van der Waals surface area contributed by atoms with E-state index in [1.807, 2.05) is 6.92 Å². The summed E-state index contributed by atoms with van der Waals surface area (Å²) in [5, 5.41) is 6.30. The van der Waals surface area contributed by atoms with E-state index in [9.17, 15) is 4.79 Å². The summed E-state index contributed by atoms with van der Waals surface area (Å²) in [7, 11) is 0. The molecule has 19 heavy (non-hydrogen) atoms. The zero-order valence-electron chi connectivity index (χ0n) is 11.8. The number of amides is 1. The van der Waals surface area contributed by atoms with Crippen LogP contribution in [-0.4, -0.2) is 24.0 Å². The fraction of sp³-hybridized carbons (Fsp3) is 0.714. The van der Waals surface area contributed by atoms with Gasteiger partial charge in [-0.1, -0.05) is 13.3 Å². The number of hydrogen-bond acceptors (Lipinski definition) is 4. The van der Waals surface area contributed by atoms with Crippen molar-refractivity contribution < 1.29 is 9.21 Å². The van der Waals surface area contributed by atoms with Gasteiger partial charge >= 0.3 is 0 Å². The minimum absolute atomic E-state index is 0.145. The van der Waals surface area contributed by atoms with Crippen LogP contribution in [0.3, 0.4) is 0 Å². The fourth-order valence-electron chi connectivity index (χ4n) is 2.80. The second kappa shape index (κ2) is 6.19. The molecule has 5 heteroatoms. The van der Waals surface area contributed by atoms with Gasteiger partial charge in [-0.05, 0) is 39.3 Å². The molecule has 0 aliphatic carbocycles. The first-order chi connectivity index (χ1) is 9.16. The van der Waals surface area contributed by atoms with Crippen LogP contribution < -0.4 is 10.6 Å². The largest absolute Gasteiger partial charge is 0.444 e. The Labute approximate surface area is 114 Å². The molecule has 0 radical (unpaired) electrons. The van der Waals surface area contributed by atoms with Gasteiger partial charge in [0.25, 0.3) is 0 Å². The van der Waals surface area contributed by atoms with Crippen LogP contribution in [0.1, 0.15) is 44.3 Å². The van der Waals surface area contributed by atoms with E-state index in [1.54, 1.807) is 6.20 Å². The van der Waals surface area contributed by atoms with E-state index in [2.05, 4.69) is 22.5 Å². The molecule has 2 heterocycles. The number of nitrogens with one attached hydrogen (secondary N) is 2. The third kappa shape index (κ3) is 3.35. The maximum absolute atomic E-state index is 12.5. The van der Waals surface area contributed by atoms with Crippen LogP contribution in [0.2, 0.25) is 0 Å². The topological polar surface area (TPSA) is 67.2 Å². The summed E-state index contributed by atoms with van der Waals surface area (Å²) in [5.41, 5.74) is -0.207. The Morgan fingerprint density at radius 3 is 2.84 bits per heavy atom. The molecule has 2 N–H and O–H groups in total. The minimum atomic E-state index is -0.207. The monoisotopic (exact) mass is 265 g/mol. The van der Waals surface area contributed by atoms with Crippen molar-refractivity contribution in [3.8, 4) is 0 Å². The Bertz CT molecular complexity index is 417. The van der Waals surface area contributed by atoms with E-state index in [-0.39, 0.29) is 11.3 Å². The molecule has 0 spiro atoms. The SMILES string of the molecule is CCCC1(C(=O)NCc2ncc(C)o2)CCNCC1. The molecule has 0 saturated carbocycles. The van der Waals surface area contributed by atoms with Crippen LogP contribution in [0.4, 0.5) is 0 Å². The standard InChI is InChI=1S/C14H23N3O2/c1-3-4-14(5-7-15-8-6-14)13(18)17-10-12-16-9-11(2)19-12/h9,15H,3-8,10H2,1-2H3,(H,17,18). The summed E-state index contributed by atoms with van der Waals surface area (Å²) in [6.07, 6.45) is 5.49. The Morgan fingerprint density at radius 2 is 2.26 bits per heavy atom. The van der Waals surface area contributed by atoms with E-state index < -0.39 is 0 Å². The maximum Gasteiger partial charge on any atom is 0.226 e. The number of oxazole rings is 1. The molecule has 0 atom stereocenters. The summed E-state index contributed by atoms with van der Waals surface area (Å²) in [5.74, 6) is 1.49. The Hall–Kier alpha value is -1.36. The van der Waals surface area contributed by atoms with Crippen molar-refractivity contribution >= 4 is 5.91 Å². The smallest absolute Gasteiger partial charge is 0.226 e. The number of piperidine rings is 1. The van der Waals surface area contributed by atoms with Crippen molar-refractivity contribution in [2.75, 3.05) is 13.1 Å². The normalized spacial score (nSPS) is 18.2. The Balaban J connectivity index is 1.95. The highest BCUT2D eigenvalue weighted by Gasteiger charge is 2.38. The highest BCUT2D eigenvalue weighted by Crippen LogP contribution is 2.34. The lowest BCUT2D eigenvalue weighted by Crippen LogP contribution is -2.47. The second-order valence-electron chi connectivity index (χ2n) is 5.33. The molecule has 0 unspecified atom stereocenters. The molecule has 0 bridgehead atoms. The van der Waals surface area contributed by atoms with Crippen molar-refractivity contribution in [2.45, 2.75) is 46.1 Å². The molecule has 1 fully saturated rings. The molecule has 1 aromatic rings. The zero-order valence-corrected chi connectivity index (χ0v) is 11.8. The predicted octanol–water partition coefficient (Wildman–Crippen LogP) is 1.77. The number of carbonyl (C=O) groups is 1. The highest BCUT2D eigenvalue weighted by molar-refractivity contribution is 5.82. The van der Waals surface area contributed by atoms with E-state index in [0.29, 0.717) is 12.4 Å². The van der Waals surface area contributed by atoms with Gasteiger partial charge in [0.1, 0.15) is 5.76 Å². The average molecular weight is 265 g/mol. The maximum atomic E-state index is 12.5. The molecule has 1 aromatic heterocycles. The molecule has 1 aliphatic heterocycles. The summed E-state index contributed by atoms with van der Waals surface area (Å²) in [6.45, 7) is 6.21. The van der Waals surface area contributed by atoms with Gasteiger partial charge in [0.2, 0.25) is 11.8 Å². The molecular formula is C14H23N3O2. The van der Waals surface area contributed by atoms with Crippen molar-refractivity contribution in [3.63, 3.8) is 0 Å². The van der Waals surface area contributed by atoms with Crippen LogP contribution in [0.25, 0.3) is 0 Å². The van der Waals surface area contributed by atoms with E-state index >= 15 is 0 Å². The minimum Gasteiger partial charge on any atom is -0.444 e. The lowest BCUT2D eigenvalue weighted by Gasteiger charge is -2.36. The number of rotatable bonds is 5. The third-order valence-corrected chi connectivity index (χ3v) is 3.84. The first-order valence-corrected chi connectivity index (χ1v) is 7.06. The summed E-state index contributed by atoms with van der Waals surface area (Å²) in [4.78, 5) is 16.6. The van der Waals surface area contributed by atoms with E-state index in [0.717, 1.165) is 44.5 Å². The molecule has 106 valence electrons. The van der Waals surface area contributed by atoms with Crippen LogP contribution in [0.15, 0.2) is 10.6 Å².